The zero-order valence-electron chi connectivity index (χ0n) is 12.7. The summed E-state index contributed by atoms with van der Waals surface area (Å²) in [5.41, 5.74) is 7.95. The molecule has 0 aliphatic heterocycles. The number of primary amides is 1. The first kappa shape index (κ1) is 18.0. The Morgan fingerprint density at radius 1 is 1.35 bits per heavy atom. The molecule has 0 atom stereocenters. The predicted molar refractivity (Wildman–Crippen MR) is 98.0 cm³/mol. The number of halogens is 1. The number of nitrogens with zero attached hydrogens (tertiary/aromatic N) is 1. The van der Waals surface area contributed by atoms with Gasteiger partial charge >= 0.3 is 0 Å². The monoisotopic (exact) mass is 413 g/mol. The van der Waals surface area contributed by atoms with Crippen LogP contribution in [0.25, 0.3) is 0 Å². The minimum atomic E-state index is -0.440. The van der Waals surface area contributed by atoms with E-state index in [-0.39, 0.29) is 12.3 Å². The first-order chi connectivity index (χ1) is 10.8. The van der Waals surface area contributed by atoms with Crippen molar-refractivity contribution in [3.63, 3.8) is 0 Å². The molecule has 0 saturated heterocycles. The Labute approximate surface area is 151 Å². The van der Waals surface area contributed by atoms with Crippen molar-refractivity contribution < 1.29 is 9.59 Å². The van der Waals surface area contributed by atoms with Crippen LogP contribution in [-0.4, -0.2) is 22.6 Å². The number of hydrogen-bond acceptors (Lipinski definition) is 5. The van der Waals surface area contributed by atoms with Crippen LogP contribution in [0.2, 0.25) is 0 Å². The van der Waals surface area contributed by atoms with E-state index < -0.39 is 5.91 Å². The van der Waals surface area contributed by atoms with Crippen LogP contribution in [0.5, 0.6) is 0 Å². The lowest BCUT2D eigenvalue weighted by atomic mass is 10.2. The van der Waals surface area contributed by atoms with E-state index in [0.717, 1.165) is 20.5 Å². The molecular formula is C15H16BrN3O2S2. The van der Waals surface area contributed by atoms with Crippen LogP contribution in [0.1, 0.15) is 16.8 Å². The molecule has 1 aromatic heterocycles. The summed E-state index contributed by atoms with van der Waals surface area (Å²) in [5, 5.41) is 4.94. The molecule has 0 unspecified atom stereocenters. The third-order valence-electron chi connectivity index (χ3n) is 2.97. The average molecular weight is 414 g/mol. The molecule has 0 spiro atoms. The van der Waals surface area contributed by atoms with E-state index in [1.807, 2.05) is 19.9 Å². The number of aromatic nitrogens is 1. The summed E-state index contributed by atoms with van der Waals surface area (Å²) in [4.78, 5) is 28.1. The number of nitrogens with two attached hydrogens (primary N) is 1. The predicted octanol–water partition coefficient (Wildman–Crippen LogP) is 3.28. The number of carbonyl (C=O) groups is 2. The number of thioether (sulfide) groups is 1. The van der Waals surface area contributed by atoms with Crippen molar-refractivity contribution in [2.75, 3.05) is 11.1 Å². The number of amides is 2. The van der Waals surface area contributed by atoms with Crippen LogP contribution in [-0.2, 0) is 16.0 Å². The molecular weight excluding hydrogens is 398 g/mol. The van der Waals surface area contributed by atoms with Crippen molar-refractivity contribution in [2.24, 2.45) is 5.73 Å². The molecule has 8 heteroatoms. The largest absolute Gasteiger partial charge is 0.369 e. The van der Waals surface area contributed by atoms with Crippen molar-refractivity contribution in [1.82, 2.24) is 4.98 Å². The molecule has 0 bridgehead atoms. The van der Waals surface area contributed by atoms with Gasteiger partial charge in [0.2, 0.25) is 11.8 Å². The molecule has 0 aliphatic rings. The number of nitrogens with one attached hydrogen (secondary N) is 1. The van der Waals surface area contributed by atoms with Gasteiger partial charge in [0.25, 0.3) is 0 Å². The lowest BCUT2D eigenvalue weighted by molar-refractivity contribution is -0.117. The molecule has 0 fully saturated rings. The summed E-state index contributed by atoms with van der Waals surface area (Å²) < 4.78 is 1.06. The van der Waals surface area contributed by atoms with Gasteiger partial charge in [-0.3, -0.25) is 9.59 Å². The summed E-state index contributed by atoms with van der Waals surface area (Å²) in [5.74, 6) is -0.271. The molecule has 5 nitrogen and oxygen atoms in total. The number of rotatable bonds is 6. The third kappa shape index (κ3) is 5.33. The lowest BCUT2D eigenvalue weighted by Gasteiger charge is -2.08. The molecule has 2 amide bonds. The van der Waals surface area contributed by atoms with Gasteiger partial charge in [0, 0.05) is 14.7 Å². The topological polar surface area (TPSA) is 85.1 Å². The maximum atomic E-state index is 12.0. The number of benzene rings is 1. The number of carbonyl (C=O) groups excluding carboxylic acids is 2. The minimum absolute atomic E-state index is 0.0818. The van der Waals surface area contributed by atoms with Gasteiger partial charge in [0.1, 0.15) is 0 Å². The molecule has 0 saturated carbocycles. The van der Waals surface area contributed by atoms with Crippen LogP contribution in [0.3, 0.4) is 0 Å². The quantitative estimate of drug-likeness (QED) is 0.711. The van der Waals surface area contributed by atoms with Crippen LogP contribution in [0.4, 0.5) is 5.13 Å². The zero-order valence-corrected chi connectivity index (χ0v) is 15.9. The number of anilines is 1. The van der Waals surface area contributed by atoms with Crippen LogP contribution < -0.4 is 11.1 Å². The van der Waals surface area contributed by atoms with E-state index in [2.05, 4.69) is 32.3 Å². The van der Waals surface area contributed by atoms with Gasteiger partial charge in [-0.25, -0.2) is 4.98 Å². The van der Waals surface area contributed by atoms with E-state index in [4.69, 9.17) is 5.73 Å². The second kappa shape index (κ2) is 7.94. The summed E-state index contributed by atoms with van der Waals surface area (Å²) in [6.07, 6.45) is 0.0818. The Morgan fingerprint density at radius 2 is 2.09 bits per heavy atom. The van der Waals surface area contributed by atoms with Crippen molar-refractivity contribution in [3.8, 4) is 0 Å². The number of aryl methyl sites for hydroxylation is 2. The average Bonchev–Trinajstić information content (AvgIpc) is 2.87. The molecule has 1 aromatic carbocycles. The van der Waals surface area contributed by atoms with E-state index in [0.29, 0.717) is 16.6 Å². The van der Waals surface area contributed by atoms with Gasteiger partial charge in [0.05, 0.1) is 17.9 Å². The normalized spacial score (nSPS) is 10.6. The van der Waals surface area contributed by atoms with Crippen LogP contribution in [0, 0.1) is 13.8 Å². The van der Waals surface area contributed by atoms with Crippen molar-refractivity contribution in [2.45, 2.75) is 25.2 Å². The first-order valence-electron chi connectivity index (χ1n) is 6.77. The van der Waals surface area contributed by atoms with Crippen molar-refractivity contribution in [3.05, 3.63) is 38.8 Å². The fourth-order valence-electron chi connectivity index (χ4n) is 1.83. The number of thiazole rings is 1. The first-order valence-corrected chi connectivity index (χ1v) is 9.43. The van der Waals surface area contributed by atoms with E-state index in [1.165, 1.54) is 23.1 Å². The van der Waals surface area contributed by atoms with Gasteiger partial charge in [-0.05, 0) is 37.1 Å². The molecule has 2 aromatic rings. The highest BCUT2D eigenvalue weighted by atomic mass is 79.9. The zero-order chi connectivity index (χ0) is 17.0. The van der Waals surface area contributed by atoms with Gasteiger partial charge in [-0.15, -0.1) is 23.1 Å². The van der Waals surface area contributed by atoms with E-state index >= 15 is 0 Å². The summed E-state index contributed by atoms with van der Waals surface area (Å²) in [6, 6.07) is 4.11. The van der Waals surface area contributed by atoms with Gasteiger partial charge in [-0.1, -0.05) is 15.9 Å². The Bertz CT molecular complexity index is 746. The number of hydrogen-bond donors (Lipinski definition) is 2. The van der Waals surface area contributed by atoms with Crippen molar-refractivity contribution >= 4 is 56.0 Å². The fraction of sp³-hybridized carbons (Fsp3) is 0.267. The minimum Gasteiger partial charge on any atom is -0.369 e. The van der Waals surface area contributed by atoms with Gasteiger partial charge < -0.3 is 11.1 Å². The van der Waals surface area contributed by atoms with E-state index in [9.17, 15) is 9.59 Å². The molecule has 0 aliphatic carbocycles. The SMILES string of the molecule is Cc1cc(SCC(=O)Nc2nc(CC(N)=O)cs2)c(C)cc1Br. The molecule has 1 heterocycles. The Balaban J connectivity index is 1.91. The van der Waals surface area contributed by atoms with Crippen molar-refractivity contribution in [1.29, 1.82) is 0 Å². The van der Waals surface area contributed by atoms with E-state index in [1.54, 1.807) is 5.38 Å². The fourth-order valence-corrected chi connectivity index (χ4v) is 3.92. The molecule has 3 N–H and O–H groups in total. The summed E-state index contributed by atoms with van der Waals surface area (Å²) in [7, 11) is 0. The van der Waals surface area contributed by atoms with Crippen LogP contribution >= 0.6 is 39.0 Å². The van der Waals surface area contributed by atoms with Crippen LogP contribution in [0.15, 0.2) is 26.9 Å². The maximum Gasteiger partial charge on any atom is 0.236 e. The highest BCUT2D eigenvalue weighted by Gasteiger charge is 2.10. The Kier molecular flexibility index (Phi) is 6.20. The van der Waals surface area contributed by atoms with Gasteiger partial charge in [-0.2, -0.15) is 0 Å². The highest BCUT2D eigenvalue weighted by molar-refractivity contribution is 9.10. The molecule has 122 valence electrons. The molecule has 0 radical (unpaired) electrons. The Morgan fingerprint density at radius 3 is 2.78 bits per heavy atom. The third-order valence-corrected chi connectivity index (χ3v) is 5.79. The molecule has 2 rings (SSSR count). The second-order valence-corrected chi connectivity index (χ2v) is 7.72. The highest BCUT2D eigenvalue weighted by Crippen LogP contribution is 2.28. The Hall–Kier alpha value is -1.38. The van der Waals surface area contributed by atoms with Gasteiger partial charge in [0.15, 0.2) is 5.13 Å². The lowest BCUT2D eigenvalue weighted by Crippen LogP contribution is -2.15. The smallest absolute Gasteiger partial charge is 0.236 e. The maximum absolute atomic E-state index is 12.0. The molecule has 23 heavy (non-hydrogen) atoms. The second-order valence-electron chi connectivity index (χ2n) is 4.99. The summed E-state index contributed by atoms with van der Waals surface area (Å²) in [6.45, 7) is 4.03. The summed E-state index contributed by atoms with van der Waals surface area (Å²) >= 11 is 6.26. The standard InChI is InChI=1S/C15H16BrN3O2S2/c1-8-4-12(9(2)3-11(8)16)22-7-14(21)19-15-18-10(6-23-15)5-13(17)20/h3-4,6H,5,7H2,1-2H3,(H2,17,20)(H,18,19,21).